The van der Waals surface area contributed by atoms with E-state index in [-0.39, 0.29) is 5.82 Å². The zero-order valence-electron chi connectivity index (χ0n) is 12.6. The predicted molar refractivity (Wildman–Crippen MR) is 89.9 cm³/mol. The maximum Gasteiger partial charge on any atom is 0.211 e. The van der Waals surface area contributed by atoms with E-state index in [2.05, 4.69) is 15.6 Å². The van der Waals surface area contributed by atoms with Crippen molar-refractivity contribution >= 4 is 23.9 Å². The number of hydrogen-bond acceptors (Lipinski definition) is 4. The molecule has 118 valence electrons. The van der Waals surface area contributed by atoms with Crippen LogP contribution in [0, 0.1) is 5.82 Å². The Kier molecular flexibility index (Phi) is 5.46. The molecule has 23 heavy (non-hydrogen) atoms. The molecule has 1 amide bonds. The van der Waals surface area contributed by atoms with Crippen molar-refractivity contribution in [1.82, 2.24) is 4.98 Å². The second-order valence-corrected chi connectivity index (χ2v) is 4.80. The summed E-state index contributed by atoms with van der Waals surface area (Å²) in [5.41, 5.74) is 9.44. The molecule has 0 atom stereocenters. The Balaban J connectivity index is 2.15. The highest BCUT2D eigenvalue weighted by atomic mass is 19.1. The molecule has 0 fully saturated rings. The average molecular weight is 312 g/mol. The van der Waals surface area contributed by atoms with Crippen molar-refractivity contribution in [2.45, 2.75) is 6.92 Å². The largest absolute Gasteiger partial charge is 0.397 e. The number of benzene rings is 1. The molecule has 2 rings (SSSR count). The van der Waals surface area contributed by atoms with E-state index < -0.39 is 0 Å². The number of pyridine rings is 1. The van der Waals surface area contributed by atoms with Gasteiger partial charge in [-0.05, 0) is 48.9 Å². The molecule has 0 saturated heterocycles. The summed E-state index contributed by atoms with van der Waals surface area (Å²) < 4.78 is 12.8. The van der Waals surface area contributed by atoms with Crippen molar-refractivity contribution in [2.75, 3.05) is 10.6 Å². The van der Waals surface area contributed by atoms with Crippen LogP contribution in [-0.2, 0) is 4.79 Å². The lowest BCUT2D eigenvalue weighted by Gasteiger charge is -2.07. The van der Waals surface area contributed by atoms with Gasteiger partial charge < -0.3 is 16.4 Å². The molecule has 0 aliphatic carbocycles. The summed E-state index contributed by atoms with van der Waals surface area (Å²) in [6, 6.07) is 7.66. The second kappa shape index (κ2) is 7.74. The maximum absolute atomic E-state index is 12.8. The molecule has 6 heteroatoms. The number of anilines is 2. The van der Waals surface area contributed by atoms with Crippen LogP contribution in [0.2, 0.25) is 0 Å². The van der Waals surface area contributed by atoms with Crippen LogP contribution < -0.4 is 16.4 Å². The monoisotopic (exact) mass is 312 g/mol. The molecule has 0 saturated carbocycles. The van der Waals surface area contributed by atoms with Crippen molar-refractivity contribution in [1.29, 1.82) is 0 Å². The molecular formula is C17H17FN4O. The number of amides is 1. The van der Waals surface area contributed by atoms with Gasteiger partial charge in [-0.3, -0.25) is 9.78 Å². The zero-order valence-corrected chi connectivity index (χ0v) is 12.6. The summed E-state index contributed by atoms with van der Waals surface area (Å²) in [5.74, 6) is -0.296. The van der Waals surface area contributed by atoms with Gasteiger partial charge in [0.1, 0.15) is 5.82 Å². The first-order valence-corrected chi connectivity index (χ1v) is 6.91. The maximum atomic E-state index is 12.8. The number of nitrogens with two attached hydrogens (primary N) is 1. The van der Waals surface area contributed by atoms with Gasteiger partial charge in [0.15, 0.2) is 0 Å². The minimum absolute atomic E-state index is 0.296. The Morgan fingerprint density at radius 3 is 2.65 bits per heavy atom. The number of carbonyl (C=O) groups excluding carboxylic acids is 1. The fourth-order valence-corrected chi connectivity index (χ4v) is 1.85. The van der Waals surface area contributed by atoms with Gasteiger partial charge in [-0.2, -0.15) is 0 Å². The highest BCUT2D eigenvalue weighted by Crippen LogP contribution is 2.18. The standard InChI is InChI=1S/C17H17FN4O/c1-12(8-13-9-20-7-6-17(13)22-11-23)16(19)10-21-15-4-2-14(18)3-5-15/h2-11,21H,19H2,1H3,(H,20,22,23)/b12-8+,16-10-. The Bertz CT molecular complexity index is 739. The van der Waals surface area contributed by atoms with E-state index in [0.717, 1.165) is 16.8 Å². The first-order chi connectivity index (χ1) is 11.1. The molecule has 1 aromatic heterocycles. The smallest absolute Gasteiger partial charge is 0.211 e. The van der Waals surface area contributed by atoms with Gasteiger partial charge in [-0.25, -0.2) is 4.39 Å². The van der Waals surface area contributed by atoms with Gasteiger partial charge in [-0.15, -0.1) is 0 Å². The Hall–Kier alpha value is -3.15. The summed E-state index contributed by atoms with van der Waals surface area (Å²) in [5, 5.41) is 5.60. The molecule has 0 bridgehead atoms. The van der Waals surface area contributed by atoms with Crippen LogP contribution in [0.5, 0.6) is 0 Å². The predicted octanol–water partition coefficient (Wildman–Crippen LogP) is 3.10. The summed E-state index contributed by atoms with van der Waals surface area (Å²) in [4.78, 5) is 14.6. The zero-order chi connectivity index (χ0) is 16.7. The molecule has 4 N–H and O–H groups in total. The van der Waals surface area contributed by atoms with Crippen molar-refractivity contribution in [3.63, 3.8) is 0 Å². The number of rotatable bonds is 6. The summed E-state index contributed by atoms with van der Waals surface area (Å²) in [6.07, 6.45) is 7.28. The SMILES string of the molecule is CC(=C\c1cnccc1NC=O)/C(N)=C/Nc1ccc(F)cc1. The van der Waals surface area contributed by atoms with Crippen LogP contribution >= 0.6 is 0 Å². The third-order valence-electron chi connectivity index (χ3n) is 3.13. The molecule has 0 unspecified atom stereocenters. The van der Waals surface area contributed by atoms with E-state index in [4.69, 9.17) is 5.73 Å². The Morgan fingerprint density at radius 2 is 1.96 bits per heavy atom. The third kappa shape index (κ3) is 4.67. The molecular weight excluding hydrogens is 295 g/mol. The van der Waals surface area contributed by atoms with Crippen LogP contribution in [0.25, 0.3) is 6.08 Å². The third-order valence-corrected chi connectivity index (χ3v) is 3.13. The van der Waals surface area contributed by atoms with Crippen LogP contribution in [0.3, 0.4) is 0 Å². The van der Waals surface area contributed by atoms with Crippen LogP contribution in [0.4, 0.5) is 15.8 Å². The van der Waals surface area contributed by atoms with E-state index in [1.165, 1.54) is 12.1 Å². The number of allylic oxidation sites excluding steroid dienone is 1. The topological polar surface area (TPSA) is 80.0 Å². The quantitative estimate of drug-likeness (QED) is 0.565. The molecule has 0 radical (unpaired) electrons. The number of nitrogens with one attached hydrogen (secondary N) is 2. The van der Waals surface area contributed by atoms with E-state index >= 15 is 0 Å². The lowest BCUT2D eigenvalue weighted by molar-refractivity contribution is -0.105. The number of aromatic nitrogens is 1. The fraction of sp³-hybridized carbons (Fsp3) is 0.0588. The molecule has 1 aromatic carbocycles. The van der Waals surface area contributed by atoms with E-state index in [0.29, 0.717) is 17.8 Å². The Labute approximate surface area is 133 Å². The number of halogens is 1. The lowest BCUT2D eigenvalue weighted by Crippen LogP contribution is -2.03. The van der Waals surface area contributed by atoms with Crippen molar-refractivity contribution in [2.24, 2.45) is 5.73 Å². The van der Waals surface area contributed by atoms with Gasteiger partial charge in [0.05, 0.1) is 11.4 Å². The van der Waals surface area contributed by atoms with Crippen LogP contribution in [0.1, 0.15) is 12.5 Å². The number of nitrogens with zero attached hydrogens (tertiary/aromatic N) is 1. The average Bonchev–Trinajstić information content (AvgIpc) is 2.56. The Morgan fingerprint density at radius 1 is 1.22 bits per heavy atom. The summed E-state index contributed by atoms with van der Waals surface area (Å²) in [6.45, 7) is 1.84. The van der Waals surface area contributed by atoms with Gasteiger partial charge >= 0.3 is 0 Å². The minimum Gasteiger partial charge on any atom is -0.397 e. The molecule has 1 heterocycles. The highest BCUT2D eigenvalue weighted by molar-refractivity contribution is 5.79. The van der Waals surface area contributed by atoms with E-state index in [9.17, 15) is 9.18 Å². The minimum atomic E-state index is -0.296. The van der Waals surface area contributed by atoms with Crippen LogP contribution in [0.15, 0.2) is 60.2 Å². The van der Waals surface area contributed by atoms with Crippen molar-refractivity contribution < 1.29 is 9.18 Å². The molecule has 0 aliphatic heterocycles. The summed E-state index contributed by atoms with van der Waals surface area (Å²) >= 11 is 0. The normalized spacial score (nSPS) is 11.9. The van der Waals surface area contributed by atoms with Gasteiger partial charge in [0.2, 0.25) is 6.41 Å². The first kappa shape index (κ1) is 16.2. The molecule has 2 aromatic rings. The van der Waals surface area contributed by atoms with Crippen molar-refractivity contribution in [3.05, 3.63) is 71.6 Å². The van der Waals surface area contributed by atoms with Gasteiger partial charge in [-0.1, -0.05) is 0 Å². The molecule has 5 nitrogen and oxygen atoms in total. The lowest BCUT2D eigenvalue weighted by atomic mass is 10.1. The van der Waals surface area contributed by atoms with Gasteiger partial charge in [0.25, 0.3) is 0 Å². The number of hydrogen-bond donors (Lipinski definition) is 3. The first-order valence-electron chi connectivity index (χ1n) is 6.91. The van der Waals surface area contributed by atoms with E-state index in [1.54, 1.807) is 36.8 Å². The number of carbonyl (C=O) groups is 1. The highest BCUT2D eigenvalue weighted by Gasteiger charge is 2.01. The fourth-order valence-electron chi connectivity index (χ4n) is 1.85. The molecule has 0 spiro atoms. The molecule has 0 aliphatic rings. The van der Waals surface area contributed by atoms with Crippen LogP contribution in [-0.4, -0.2) is 11.4 Å². The summed E-state index contributed by atoms with van der Waals surface area (Å²) in [7, 11) is 0. The van der Waals surface area contributed by atoms with Crippen molar-refractivity contribution in [3.8, 4) is 0 Å². The second-order valence-electron chi connectivity index (χ2n) is 4.80. The van der Waals surface area contributed by atoms with Gasteiger partial charge in [0, 0.05) is 29.8 Å². The van der Waals surface area contributed by atoms with E-state index in [1.807, 2.05) is 13.0 Å².